The maximum absolute atomic E-state index is 14.0. The van der Waals surface area contributed by atoms with Gasteiger partial charge in [0.05, 0.1) is 6.61 Å². The second-order valence-electron chi connectivity index (χ2n) is 8.46. The van der Waals surface area contributed by atoms with Gasteiger partial charge in [-0.05, 0) is 38.3 Å². The first kappa shape index (κ1) is 19.7. The highest BCUT2D eigenvalue weighted by Crippen LogP contribution is 2.39. The number of likely N-dealkylation sites (tertiary alicyclic amines) is 2. The average Bonchev–Trinajstić information content (AvgIpc) is 3.34. The lowest BCUT2D eigenvalue weighted by Gasteiger charge is -2.40. The van der Waals surface area contributed by atoms with Crippen molar-refractivity contribution in [2.75, 3.05) is 45.9 Å². The van der Waals surface area contributed by atoms with E-state index in [1.54, 1.807) is 12.1 Å². The van der Waals surface area contributed by atoms with Crippen molar-refractivity contribution in [2.24, 2.45) is 5.41 Å². The Kier molecular flexibility index (Phi) is 5.94. The van der Waals surface area contributed by atoms with E-state index < -0.39 is 11.6 Å². The molecule has 7 heteroatoms. The van der Waals surface area contributed by atoms with Crippen LogP contribution in [0.15, 0.2) is 18.2 Å². The molecule has 0 unspecified atom stereocenters. The number of hydrogen-bond donors (Lipinski definition) is 0. The molecule has 0 aromatic heterocycles. The quantitative estimate of drug-likeness (QED) is 0.771. The van der Waals surface area contributed by atoms with Crippen molar-refractivity contribution in [1.29, 1.82) is 0 Å². The molecule has 28 heavy (non-hydrogen) atoms. The third-order valence-corrected chi connectivity index (χ3v) is 6.36. The van der Waals surface area contributed by atoms with Gasteiger partial charge < -0.3 is 4.90 Å². The molecule has 154 valence electrons. The van der Waals surface area contributed by atoms with Crippen molar-refractivity contribution in [1.82, 2.24) is 14.9 Å². The SMILES string of the molecule is O=C(CCN1CCCO1)N1CC[C@@]2(CCCN(Cc3cccc(F)c3F)C2)C1. The molecule has 3 aliphatic heterocycles. The van der Waals surface area contributed by atoms with Gasteiger partial charge >= 0.3 is 0 Å². The van der Waals surface area contributed by atoms with Gasteiger partial charge in [0.1, 0.15) is 0 Å². The van der Waals surface area contributed by atoms with Crippen LogP contribution in [0.3, 0.4) is 0 Å². The number of rotatable bonds is 5. The number of carbonyl (C=O) groups excluding carboxylic acids is 1. The van der Waals surface area contributed by atoms with Crippen LogP contribution in [0.2, 0.25) is 0 Å². The minimum Gasteiger partial charge on any atom is -0.342 e. The van der Waals surface area contributed by atoms with Crippen LogP contribution in [0.5, 0.6) is 0 Å². The minimum absolute atomic E-state index is 0.0852. The summed E-state index contributed by atoms with van der Waals surface area (Å²) in [5.41, 5.74) is 0.496. The van der Waals surface area contributed by atoms with Crippen molar-refractivity contribution >= 4 is 5.91 Å². The van der Waals surface area contributed by atoms with E-state index in [0.29, 0.717) is 25.1 Å². The van der Waals surface area contributed by atoms with E-state index in [-0.39, 0.29) is 11.3 Å². The van der Waals surface area contributed by atoms with E-state index in [4.69, 9.17) is 4.84 Å². The van der Waals surface area contributed by atoms with Crippen LogP contribution in [-0.2, 0) is 16.2 Å². The predicted octanol–water partition coefficient (Wildman–Crippen LogP) is 2.81. The van der Waals surface area contributed by atoms with Crippen molar-refractivity contribution in [3.05, 3.63) is 35.4 Å². The average molecular weight is 393 g/mol. The summed E-state index contributed by atoms with van der Waals surface area (Å²) in [6.07, 6.45) is 4.63. The molecule has 1 spiro atoms. The zero-order chi connectivity index (χ0) is 19.6. The van der Waals surface area contributed by atoms with Crippen molar-refractivity contribution in [2.45, 2.75) is 38.6 Å². The lowest BCUT2D eigenvalue weighted by molar-refractivity contribution is -0.138. The number of halogens is 2. The fourth-order valence-corrected chi connectivity index (χ4v) is 4.89. The number of piperidine rings is 1. The van der Waals surface area contributed by atoms with Crippen LogP contribution in [0.1, 0.15) is 37.7 Å². The number of carbonyl (C=O) groups is 1. The van der Waals surface area contributed by atoms with Gasteiger partial charge in [-0.15, -0.1) is 0 Å². The van der Waals surface area contributed by atoms with E-state index in [1.165, 1.54) is 0 Å². The molecule has 0 aliphatic carbocycles. The van der Waals surface area contributed by atoms with E-state index in [9.17, 15) is 13.6 Å². The van der Waals surface area contributed by atoms with Crippen LogP contribution < -0.4 is 0 Å². The van der Waals surface area contributed by atoms with Gasteiger partial charge in [-0.2, -0.15) is 5.06 Å². The normalized spacial score (nSPS) is 26.4. The van der Waals surface area contributed by atoms with E-state index >= 15 is 0 Å². The Balaban J connectivity index is 1.32. The molecule has 1 amide bonds. The Bertz CT molecular complexity index is 711. The van der Waals surface area contributed by atoms with Crippen LogP contribution in [0.4, 0.5) is 8.78 Å². The van der Waals surface area contributed by atoms with Crippen LogP contribution in [-0.4, -0.2) is 66.6 Å². The molecule has 1 atom stereocenters. The molecule has 0 saturated carbocycles. The second-order valence-corrected chi connectivity index (χ2v) is 8.46. The topological polar surface area (TPSA) is 36.0 Å². The highest BCUT2D eigenvalue weighted by Gasteiger charge is 2.42. The summed E-state index contributed by atoms with van der Waals surface area (Å²) in [6.45, 7) is 6.03. The summed E-state index contributed by atoms with van der Waals surface area (Å²) in [5, 5.41) is 1.89. The second kappa shape index (κ2) is 8.43. The van der Waals surface area contributed by atoms with Gasteiger partial charge in [0.25, 0.3) is 0 Å². The summed E-state index contributed by atoms with van der Waals surface area (Å²) < 4.78 is 27.5. The first-order valence-corrected chi connectivity index (χ1v) is 10.4. The minimum atomic E-state index is -0.788. The lowest BCUT2D eigenvalue weighted by Crippen LogP contribution is -2.45. The summed E-state index contributed by atoms with van der Waals surface area (Å²) in [4.78, 5) is 22.3. The molecule has 1 aromatic rings. The lowest BCUT2D eigenvalue weighted by atomic mass is 9.79. The molecule has 0 bridgehead atoms. The monoisotopic (exact) mass is 393 g/mol. The zero-order valence-corrected chi connectivity index (χ0v) is 16.3. The van der Waals surface area contributed by atoms with Gasteiger partial charge in [-0.3, -0.25) is 14.5 Å². The van der Waals surface area contributed by atoms with Gasteiger partial charge in [0.2, 0.25) is 5.91 Å². The number of amides is 1. The smallest absolute Gasteiger partial charge is 0.223 e. The maximum atomic E-state index is 14.0. The van der Waals surface area contributed by atoms with Crippen LogP contribution >= 0.6 is 0 Å². The standard InChI is InChI=1S/C21H29F2N3O2/c22-18-5-1-4-17(20(18)23)14-24-9-2-7-21(15-24)8-12-25(16-21)19(27)6-11-26-10-3-13-28-26/h1,4-5H,2-3,6-16H2/t21-/m1/s1. The molecule has 3 heterocycles. The van der Waals surface area contributed by atoms with Gasteiger partial charge in [-0.1, -0.05) is 12.1 Å². The molecule has 5 nitrogen and oxygen atoms in total. The molecular formula is C21H29F2N3O2. The fraction of sp³-hybridized carbons (Fsp3) is 0.667. The van der Waals surface area contributed by atoms with Crippen molar-refractivity contribution < 1.29 is 18.4 Å². The largest absolute Gasteiger partial charge is 0.342 e. The molecule has 1 aromatic carbocycles. The fourth-order valence-electron chi connectivity index (χ4n) is 4.89. The number of hydroxylamine groups is 2. The van der Waals surface area contributed by atoms with Gasteiger partial charge in [0, 0.05) is 56.7 Å². The number of nitrogens with zero attached hydrogens (tertiary/aromatic N) is 3. The summed E-state index contributed by atoms with van der Waals surface area (Å²) in [6, 6.07) is 4.38. The molecule has 0 radical (unpaired) electrons. The van der Waals surface area contributed by atoms with E-state index in [2.05, 4.69) is 4.90 Å². The third-order valence-electron chi connectivity index (χ3n) is 6.36. The first-order chi connectivity index (χ1) is 13.5. The first-order valence-electron chi connectivity index (χ1n) is 10.4. The highest BCUT2D eigenvalue weighted by molar-refractivity contribution is 5.76. The van der Waals surface area contributed by atoms with Crippen LogP contribution in [0.25, 0.3) is 0 Å². The highest BCUT2D eigenvalue weighted by atomic mass is 19.2. The Morgan fingerprint density at radius 2 is 2.00 bits per heavy atom. The van der Waals surface area contributed by atoms with Crippen molar-refractivity contribution in [3.8, 4) is 0 Å². The number of hydrogen-bond acceptors (Lipinski definition) is 4. The Labute approximate surface area is 165 Å². The summed E-state index contributed by atoms with van der Waals surface area (Å²) >= 11 is 0. The summed E-state index contributed by atoms with van der Waals surface area (Å²) in [5.74, 6) is -1.33. The molecule has 3 aliphatic rings. The van der Waals surface area contributed by atoms with E-state index in [0.717, 1.165) is 71.1 Å². The van der Waals surface area contributed by atoms with Crippen molar-refractivity contribution in [3.63, 3.8) is 0 Å². The Morgan fingerprint density at radius 3 is 2.82 bits per heavy atom. The van der Waals surface area contributed by atoms with Crippen LogP contribution in [0, 0.1) is 17.0 Å². The predicted molar refractivity (Wildman–Crippen MR) is 101 cm³/mol. The third kappa shape index (κ3) is 4.36. The number of benzene rings is 1. The molecule has 4 rings (SSSR count). The Morgan fingerprint density at radius 1 is 1.11 bits per heavy atom. The molecule has 0 N–H and O–H groups in total. The Hall–Kier alpha value is -1.57. The molecule has 3 fully saturated rings. The van der Waals surface area contributed by atoms with E-state index in [1.807, 2.05) is 9.96 Å². The maximum Gasteiger partial charge on any atom is 0.223 e. The molecule has 3 saturated heterocycles. The van der Waals surface area contributed by atoms with Gasteiger partial charge in [0.15, 0.2) is 11.6 Å². The van der Waals surface area contributed by atoms with Gasteiger partial charge in [-0.25, -0.2) is 8.78 Å². The summed E-state index contributed by atoms with van der Waals surface area (Å²) in [7, 11) is 0. The zero-order valence-electron chi connectivity index (χ0n) is 16.3. The molecular weight excluding hydrogens is 364 g/mol.